The molecule has 0 bridgehead atoms. The number of hydrogen-bond donors (Lipinski definition) is 0. The molecule has 9 nitrogen and oxygen atoms in total. The van der Waals surface area contributed by atoms with Crippen LogP contribution in [0.1, 0.15) is 0 Å². The summed E-state index contributed by atoms with van der Waals surface area (Å²) in [4.78, 5) is 31.5. The van der Waals surface area contributed by atoms with Crippen molar-refractivity contribution in [2.24, 2.45) is 7.05 Å². The highest BCUT2D eigenvalue weighted by molar-refractivity contribution is 5.79. The van der Waals surface area contributed by atoms with E-state index in [1.165, 1.54) is 30.2 Å². The summed E-state index contributed by atoms with van der Waals surface area (Å²) in [6.07, 6.45) is 6.73. The molecule has 0 saturated carbocycles. The Balaban J connectivity index is 1.85. The van der Waals surface area contributed by atoms with Crippen molar-refractivity contribution >= 4 is 10.9 Å². The quantitative estimate of drug-likeness (QED) is 0.517. The minimum absolute atomic E-state index is 0.241. The smallest absolute Gasteiger partial charge is 0.267 e. The fourth-order valence-corrected chi connectivity index (χ4v) is 2.33. The van der Waals surface area contributed by atoms with E-state index in [0.29, 0.717) is 16.6 Å². The summed E-state index contributed by atoms with van der Waals surface area (Å²) in [7, 11) is 1.36. The van der Waals surface area contributed by atoms with Crippen LogP contribution in [0, 0.1) is 5.82 Å². The van der Waals surface area contributed by atoms with Crippen molar-refractivity contribution in [3.05, 3.63) is 69.8 Å². The Morgan fingerprint density at radius 3 is 2.72 bits per heavy atom. The van der Waals surface area contributed by atoms with Gasteiger partial charge in [0.25, 0.3) is 5.56 Å². The first-order chi connectivity index (χ1) is 12.0. The highest BCUT2D eigenvalue weighted by atomic mass is 19.1. The van der Waals surface area contributed by atoms with Gasteiger partial charge >= 0.3 is 5.69 Å². The summed E-state index contributed by atoms with van der Waals surface area (Å²) < 4.78 is 16.7. The van der Waals surface area contributed by atoms with Gasteiger partial charge in [0.05, 0.1) is 24.3 Å². The van der Waals surface area contributed by atoms with Gasteiger partial charge in [0.2, 0.25) is 0 Å². The molecule has 4 aromatic rings. The lowest BCUT2D eigenvalue weighted by Gasteiger charge is -2.03. The molecule has 4 aromatic heterocycles. The molecule has 0 spiro atoms. The van der Waals surface area contributed by atoms with Crippen LogP contribution in [-0.4, -0.2) is 34.1 Å². The minimum Gasteiger partial charge on any atom is -0.267 e. The van der Waals surface area contributed by atoms with Crippen molar-refractivity contribution in [3.8, 4) is 11.5 Å². The zero-order chi connectivity index (χ0) is 17.6. The van der Waals surface area contributed by atoms with Crippen LogP contribution in [0.15, 0.2) is 52.7 Å². The van der Waals surface area contributed by atoms with Gasteiger partial charge < -0.3 is 0 Å². The highest BCUT2D eigenvalue weighted by Gasteiger charge is 2.10. The van der Waals surface area contributed by atoms with Gasteiger partial charge in [-0.1, -0.05) is 0 Å². The molecule has 0 unspecified atom stereocenters. The molecule has 0 aromatic carbocycles. The van der Waals surface area contributed by atoms with Crippen molar-refractivity contribution < 1.29 is 4.39 Å². The number of hydrogen-bond acceptors (Lipinski definition) is 6. The molecule has 0 atom stereocenters. The summed E-state index contributed by atoms with van der Waals surface area (Å²) >= 11 is 0. The maximum atomic E-state index is 13.3. The number of aromatic nitrogens is 7. The van der Waals surface area contributed by atoms with Crippen LogP contribution < -0.4 is 11.2 Å². The van der Waals surface area contributed by atoms with Crippen molar-refractivity contribution in [2.45, 2.75) is 0 Å². The molecule has 0 aliphatic heterocycles. The SMILES string of the molecule is Cn1c(=O)cnn(-c2cc3cn(-c4cncc(F)c4)nc3cn2)c1=O. The van der Waals surface area contributed by atoms with E-state index in [0.717, 1.165) is 21.6 Å². The lowest BCUT2D eigenvalue weighted by molar-refractivity contribution is 0.618. The Kier molecular flexibility index (Phi) is 3.24. The summed E-state index contributed by atoms with van der Waals surface area (Å²) in [6.45, 7) is 0. The molecule has 0 amide bonds. The summed E-state index contributed by atoms with van der Waals surface area (Å²) in [6, 6.07) is 2.90. The fraction of sp³-hybridized carbons (Fsp3) is 0.0667. The molecule has 0 aliphatic rings. The van der Waals surface area contributed by atoms with Crippen molar-refractivity contribution in [3.63, 3.8) is 0 Å². The van der Waals surface area contributed by atoms with Crippen LogP contribution in [0.25, 0.3) is 22.4 Å². The van der Waals surface area contributed by atoms with Gasteiger partial charge in [-0.15, -0.1) is 0 Å². The zero-order valence-electron chi connectivity index (χ0n) is 12.9. The Morgan fingerprint density at radius 2 is 1.92 bits per heavy atom. The van der Waals surface area contributed by atoms with Crippen LogP contribution in [0.3, 0.4) is 0 Å². The van der Waals surface area contributed by atoms with E-state index in [1.807, 2.05) is 0 Å². The van der Waals surface area contributed by atoms with E-state index >= 15 is 0 Å². The first-order valence-corrected chi connectivity index (χ1v) is 7.15. The number of fused-ring (bicyclic) bond motifs is 1. The van der Waals surface area contributed by atoms with Crippen LogP contribution >= 0.6 is 0 Å². The average molecular weight is 339 g/mol. The normalized spacial score (nSPS) is 11.1. The van der Waals surface area contributed by atoms with E-state index in [9.17, 15) is 14.0 Å². The molecule has 0 radical (unpaired) electrons. The maximum Gasteiger partial charge on any atom is 0.353 e. The second-order valence-corrected chi connectivity index (χ2v) is 5.27. The Bertz CT molecular complexity index is 1220. The zero-order valence-corrected chi connectivity index (χ0v) is 12.9. The van der Waals surface area contributed by atoms with Crippen molar-refractivity contribution in [1.82, 2.24) is 34.1 Å². The van der Waals surface area contributed by atoms with Gasteiger partial charge in [0.15, 0.2) is 5.82 Å². The van der Waals surface area contributed by atoms with Gasteiger partial charge in [-0.3, -0.25) is 14.3 Å². The monoisotopic (exact) mass is 339 g/mol. The van der Waals surface area contributed by atoms with Gasteiger partial charge in [0, 0.05) is 24.7 Å². The van der Waals surface area contributed by atoms with Gasteiger partial charge in [-0.05, 0) is 6.07 Å². The fourth-order valence-electron chi connectivity index (χ4n) is 2.33. The predicted octanol–water partition coefficient (Wildman–Crippen LogP) is 0.199. The standard InChI is InChI=1S/C15H10FN7O2/c1-21-14(24)7-19-23(15(21)25)13-2-9-8-22(20-12(9)6-18-13)11-3-10(16)4-17-5-11/h2-8H,1H3. The van der Waals surface area contributed by atoms with E-state index in [-0.39, 0.29) is 5.82 Å². The predicted molar refractivity (Wildman–Crippen MR) is 85.3 cm³/mol. The van der Waals surface area contributed by atoms with Gasteiger partial charge in [-0.2, -0.15) is 14.9 Å². The first-order valence-electron chi connectivity index (χ1n) is 7.15. The summed E-state index contributed by atoms with van der Waals surface area (Å²) in [5, 5.41) is 8.77. The lowest BCUT2D eigenvalue weighted by Crippen LogP contribution is -2.38. The van der Waals surface area contributed by atoms with Crippen LogP contribution in [0.2, 0.25) is 0 Å². The number of nitrogens with zero attached hydrogens (tertiary/aromatic N) is 7. The molecule has 0 saturated heterocycles. The average Bonchev–Trinajstić information content (AvgIpc) is 3.03. The molecule has 0 aliphatic carbocycles. The van der Waals surface area contributed by atoms with Crippen LogP contribution in [0.4, 0.5) is 4.39 Å². The first kappa shape index (κ1) is 14.9. The van der Waals surface area contributed by atoms with Gasteiger partial charge in [-0.25, -0.2) is 18.9 Å². The second-order valence-electron chi connectivity index (χ2n) is 5.27. The molecular weight excluding hydrogens is 329 g/mol. The summed E-state index contributed by atoms with van der Waals surface area (Å²) in [5.41, 5.74) is -0.115. The number of rotatable bonds is 2. The maximum absolute atomic E-state index is 13.3. The van der Waals surface area contributed by atoms with Crippen LogP contribution in [-0.2, 0) is 7.05 Å². The third-order valence-electron chi connectivity index (χ3n) is 3.63. The molecule has 25 heavy (non-hydrogen) atoms. The molecular formula is C15H10FN7O2. The number of halogens is 1. The highest BCUT2D eigenvalue weighted by Crippen LogP contribution is 2.16. The van der Waals surface area contributed by atoms with Crippen LogP contribution in [0.5, 0.6) is 0 Å². The summed E-state index contributed by atoms with van der Waals surface area (Å²) in [5.74, 6) is -0.234. The van der Waals surface area contributed by atoms with E-state index in [1.54, 1.807) is 12.3 Å². The van der Waals surface area contributed by atoms with Gasteiger partial charge in [0.1, 0.15) is 17.5 Å². The molecule has 4 heterocycles. The topological polar surface area (TPSA) is 100 Å². The molecule has 4 rings (SSSR count). The van der Waals surface area contributed by atoms with E-state index in [4.69, 9.17) is 0 Å². The Labute approximate surface area is 138 Å². The lowest BCUT2D eigenvalue weighted by atomic mass is 10.3. The molecule has 10 heteroatoms. The van der Waals surface area contributed by atoms with E-state index in [2.05, 4.69) is 20.2 Å². The van der Waals surface area contributed by atoms with E-state index < -0.39 is 17.1 Å². The third-order valence-corrected chi connectivity index (χ3v) is 3.63. The van der Waals surface area contributed by atoms with Crippen molar-refractivity contribution in [2.75, 3.05) is 0 Å². The number of pyridine rings is 2. The molecule has 0 fully saturated rings. The Hall–Kier alpha value is -3.69. The molecule has 0 N–H and O–H groups in total. The second kappa shape index (κ2) is 5.44. The Morgan fingerprint density at radius 1 is 1.08 bits per heavy atom. The minimum atomic E-state index is -0.610. The third kappa shape index (κ3) is 2.49. The molecule has 124 valence electrons. The largest absolute Gasteiger partial charge is 0.353 e. The van der Waals surface area contributed by atoms with Crippen molar-refractivity contribution in [1.29, 1.82) is 0 Å².